The van der Waals surface area contributed by atoms with Crippen molar-refractivity contribution in [2.24, 2.45) is 17.3 Å². The fraction of sp³-hybridized carbons (Fsp3) is 0.935. The largest absolute Gasteiger partial charge is 0.378 e. The zero-order valence-corrected chi connectivity index (χ0v) is 40.7. The molecule has 0 aliphatic carbocycles. The van der Waals surface area contributed by atoms with E-state index < -0.39 is 5.41 Å². The van der Waals surface area contributed by atoms with E-state index in [0.29, 0.717) is 99.1 Å². The summed E-state index contributed by atoms with van der Waals surface area (Å²) in [5, 5.41) is 29.4. The molecule has 16 nitrogen and oxygen atoms in total. The summed E-state index contributed by atoms with van der Waals surface area (Å²) in [7, 11) is 0. The number of ether oxygens (including phenoxy) is 12. The quantitative estimate of drug-likeness (QED) is 0.0534. The predicted molar refractivity (Wildman–Crippen MR) is 236 cm³/mol. The Hall–Kier alpha value is -2.21. The lowest BCUT2D eigenvalue weighted by molar-refractivity contribution is -0.125. The summed E-state index contributed by atoms with van der Waals surface area (Å²) in [6, 6.07) is 4.29. The van der Waals surface area contributed by atoms with Gasteiger partial charge in [0, 0.05) is 5.41 Å². The standard InChI is InChI=1S/C46H86N4O12/c1-14-45(62-28-44(13)61-24-40(9)55-19-35(4)17-48)29-53-32-46(15-2,30-51-21-37(6)57-26-42(11)59-23-39(8)54-18-34(3)16-47)31-52-22-38(7)58-27-43(12)60-25-41(10)56-20-36(5)50-33-49/h34-45,50H,14-15,18-32H2,1-13H3. The van der Waals surface area contributed by atoms with E-state index in [0.717, 1.165) is 12.8 Å². The van der Waals surface area contributed by atoms with E-state index in [1.54, 1.807) is 0 Å². The molecule has 0 heterocycles. The SMILES string of the molecule is CCC(COCC(CC)(COCC(C)OCC(C)OCC(C)OCC(C)C#N)COCC(C)OCC(C)OCC(C)OCC(C)NC#N)OCC(C)OCC(C)OCC(C)C#N. The fourth-order valence-corrected chi connectivity index (χ4v) is 5.31. The molecule has 0 amide bonds. The maximum Gasteiger partial charge on any atom is 0.176 e. The Balaban J connectivity index is 5.16. The second-order valence-corrected chi connectivity index (χ2v) is 17.1. The van der Waals surface area contributed by atoms with Crippen molar-refractivity contribution in [1.29, 1.82) is 15.8 Å². The van der Waals surface area contributed by atoms with E-state index in [4.69, 9.17) is 72.6 Å². The normalized spacial score (nSPS) is 18.6. The summed E-state index contributed by atoms with van der Waals surface area (Å²) < 4.78 is 72.2. The van der Waals surface area contributed by atoms with Gasteiger partial charge in [0.1, 0.15) is 0 Å². The van der Waals surface area contributed by atoms with Crippen LogP contribution in [0, 0.1) is 51.4 Å². The molecule has 0 fully saturated rings. The highest BCUT2D eigenvalue weighted by molar-refractivity contribution is 4.80. The third-order valence-electron chi connectivity index (χ3n) is 9.73. The van der Waals surface area contributed by atoms with Crippen molar-refractivity contribution in [3.63, 3.8) is 0 Å². The first kappa shape index (κ1) is 59.8. The van der Waals surface area contributed by atoms with Crippen LogP contribution in [0.25, 0.3) is 0 Å². The average molecular weight is 887 g/mol. The van der Waals surface area contributed by atoms with Crippen LogP contribution >= 0.6 is 0 Å². The molecule has 1 N–H and O–H groups in total. The second kappa shape index (κ2) is 37.1. The molecule has 16 heteroatoms. The van der Waals surface area contributed by atoms with Crippen LogP contribution in [0.2, 0.25) is 0 Å². The van der Waals surface area contributed by atoms with E-state index in [-0.39, 0.29) is 72.8 Å². The lowest BCUT2D eigenvalue weighted by Gasteiger charge is -2.33. The highest BCUT2D eigenvalue weighted by Crippen LogP contribution is 2.25. The number of nitriles is 3. The Kier molecular flexibility index (Phi) is 35.7. The zero-order valence-electron chi connectivity index (χ0n) is 40.7. The maximum atomic E-state index is 8.99. The Morgan fingerprint density at radius 3 is 1.03 bits per heavy atom. The van der Waals surface area contributed by atoms with Crippen LogP contribution in [0.15, 0.2) is 0 Å². The molecule has 0 aromatic carbocycles. The first-order valence-electron chi connectivity index (χ1n) is 22.7. The summed E-state index contributed by atoms with van der Waals surface area (Å²) in [6.07, 6.45) is 2.22. The molecule has 62 heavy (non-hydrogen) atoms. The van der Waals surface area contributed by atoms with Crippen molar-refractivity contribution in [3.8, 4) is 18.3 Å². The molecule has 0 saturated carbocycles. The van der Waals surface area contributed by atoms with E-state index in [1.165, 1.54) is 0 Å². The van der Waals surface area contributed by atoms with E-state index >= 15 is 0 Å². The Morgan fingerprint density at radius 2 is 0.710 bits per heavy atom. The van der Waals surface area contributed by atoms with Crippen LogP contribution in [-0.2, 0) is 56.8 Å². The predicted octanol–water partition coefficient (Wildman–Crippen LogP) is 6.25. The molecule has 0 aromatic heterocycles. The minimum atomic E-state index is -0.435. The summed E-state index contributed by atoms with van der Waals surface area (Å²) in [5.41, 5.74) is -0.435. The number of nitrogens with one attached hydrogen (secondary N) is 1. The van der Waals surface area contributed by atoms with Crippen molar-refractivity contribution in [1.82, 2.24) is 5.32 Å². The van der Waals surface area contributed by atoms with Gasteiger partial charge in [0.15, 0.2) is 6.19 Å². The van der Waals surface area contributed by atoms with Gasteiger partial charge >= 0.3 is 0 Å². The van der Waals surface area contributed by atoms with Crippen LogP contribution in [0.3, 0.4) is 0 Å². The van der Waals surface area contributed by atoms with Crippen molar-refractivity contribution in [3.05, 3.63) is 0 Å². The van der Waals surface area contributed by atoms with Crippen LogP contribution in [0.1, 0.15) is 103 Å². The van der Waals surface area contributed by atoms with Gasteiger partial charge in [0.2, 0.25) is 0 Å². The molecule has 0 rings (SSSR count). The molecule has 362 valence electrons. The van der Waals surface area contributed by atoms with Gasteiger partial charge in [-0.05, 0) is 89.0 Å². The highest BCUT2D eigenvalue weighted by Gasteiger charge is 2.31. The Morgan fingerprint density at radius 1 is 0.403 bits per heavy atom. The topological polar surface area (TPSA) is 194 Å². The number of rotatable bonds is 42. The summed E-state index contributed by atoms with van der Waals surface area (Å²) in [6.45, 7) is 31.4. The molecule has 0 aliphatic heterocycles. The second-order valence-electron chi connectivity index (χ2n) is 17.1. The van der Waals surface area contributed by atoms with Crippen molar-refractivity contribution < 1.29 is 56.8 Å². The van der Waals surface area contributed by atoms with Crippen molar-refractivity contribution >= 4 is 0 Å². The molecule has 0 radical (unpaired) electrons. The molecule has 0 aromatic rings. The Bertz CT molecular complexity index is 1200. The Labute approximate surface area is 375 Å². The number of hydrogen-bond donors (Lipinski definition) is 1. The van der Waals surface area contributed by atoms with Gasteiger partial charge in [-0.1, -0.05) is 13.8 Å². The first-order chi connectivity index (χ1) is 29.5. The minimum Gasteiger partial charge on any atom is -0.378 e. The summed E-state index contributed by atoms with van der Waals surface area (Å²) in [5.74, 6) is -0.320. The van der Waals surface area contributed by atoms with Crippen LogP contribution in [0.4, 0.5) is 0 Å². The third kappa shape index (κ3) is 32.4. The number of nitrogens with zero attached hydrogens (tertiary/aromatic N) is 3. The highest BCUT2D eigenvalue weighted by atomic mass is 16.6. The van der Waals surface area contributed by atoms with Crippen LogP contribution in [-0.4, -0.2) is 160 Å². The molecule has 13 unspecified atom stereocenters. The minimum absolute atomic E-state index is 0.0619. The smallest absolute Gasteiger partial charge is 0.176 e. The van der Waals surface area contributed by atoms with E-state index in [9.17, 15) is 0 Å². The van der Waals surface area contributed by atoms with Gasteiger partial charge in [-0.15, -0.1) is 0 Å². The van der Waals surface area contributed by atoms with Crippen LogP contribution < -0.4 is 5.32 Å². The molecule has 0 aliphatic rings. The molecular formula is C46H86N4O12. The lowest BCUT2D eigenvalue weighted by atomic mass is 9.88. The first-order valence-corrected chi connectivity index (χ1v) is 22.7. The van der Waals surface area contributed by atoms with E-state index in [2.05, 4.69) is 31.3 Å². The molecule has 0 saturated heterocycles. The average Bonchev–Trinajstić information content (AvgIpc) is 3.26. The van der Waals surface area contributed by atoms with Gasteiger partial charge in [-0.25, -0.2) is 0 Å². The zero-order chi connectivity index (χ0) is 46.8. The fourth-order valence-electron chi connectivity index (χ4n) is 5.31. The van der Waals surface area contributed by atoms with Crippen molar-refractivity contribution in [2.75, 3.05) is 99.1 Å². The summed E-state index contributed by atoms with van der Waals surface area (Å²) in [4.78, 5) is 0. The van der Waals surface area contributed by atoms with Gasteiger partial charge in [-0.3, -0.25) is 0 Å². The lowest BCUT2D eigenvalue weighted by Crippen LogP contribution is -2.39. The maximum absolute atomic E-state index is 8.99. The van der Waals surface area contributed by atoms with Gasteiger partial charge < -0.3 is 62.2 Å². The molecule has 0 spiro atoms. The third-order valence-corrected chi connectivity index (χ3v) is 9.73. The van der Waals surface area contributed by atoms with Gasteiger partial charge in [0.05, 0.1) is 184 Å². The summed E-state index contributed by atoms with van der Waals surface area (Å²) >= 11 is 0. The van der Waals surface area contributed by atoms with Gasteiger partial charge in [-0.2, -0.15) is 15.8 Å². The molecule has 0 bridgehead atoms. The van der Waals surface area contributed by atoms with Gasteiger partial charge in [0.25, 0.3) is 0 Å². The molecule has 13 atom stereocenters. The van der Waals surface area contributed by atoms with Crippen molar-refractivity contribution in [2.45, 2.75) is 164 Å². The number of hydrogen-bond acceptors (Lipinski definition) is 16. The molecular weight excluding hydrogens is 801 g/mol. The monoisotopic (exact) mass is 887 g/mol. The van der Waals surface area contributed by atoms with E-state index in [1.807, 2.05) is 82.4 Å². The van der Waals surface area contributed by atoms with Crippen LogP contribution in [0.5, 0.6) is 0 Å².